The van der Waals surface area contributed by atoms with Gasteiger partial charge < -0.3 is 30.0 Å². The van der Waals surface area contributed by atoms with Crippen molar-refractivity contribution in [1.82, 2.24) is 10.6 Å². The SMILES string of the molecule is COC(OC)[C@]1(C)Oc2ccc(NC(C)=O)cc2[C@H](NC(=NCc2ccccc2)NC#N)[C@@H]1O. The summed E-state index contributed by atoms with van der Waals surface area (Å²) >= 11 is 0. The maximum absolute atomic E-state index is 11.6. The van der Waals surface area contributed by atoms with Crippen LogP contribution in [0.3, 0.4) is 0 Å². The van der Waals surface area contributed by atoms with Crippen molar-refractivity contribution < 1.29 is 24.1 Å². The van der Waals surface area contributed by atoms with Crippen molar-refractivity contribution in [3.05, 3.63) is 59.7 Å². The van der Waals surface area contributed by atoms with Gasteiger partial charge >= 0.3 is 0 Å². The Balaban J connectivity index is 2.02. The normalized spacial score (nSPS) is 21.7. The monoisotopic (exact) mass is 467 g/mol. The van der Waals surface area contributed by atoms with Gasteiger partial charge in [0.15, 0.2) is 18.1 Å². The molecule has 0 aliphatic carbocycles. The number of ether oxygens (including phenoxy) is 3. The molecule has 10 heteroatoms. The Kier molecular flexibility index (Phi) is 8.07. The minimum absolute atomic E-state index is 0.168. The Morgan fingerprint density at radius 3 is 2.59 bits per heavy atom. The number of carbonyl (C=O) groups is 1. The van der Waals surface area contributed by atoms with Crippen LogP contribution < -0.4 is 20.7 Å². The van der Waals surface area contributed by atoms with E-state index in [1.807, 2.05) is 36.5 Å². The third kappa shape index (κ3) is 5.46. The second-order valence-electron chi connectivity index (χ2n) is 7.98. The molecule has 4 N–H and O–H groups in total. The van der Waals surface area contributed by atoms with Crippen LogP contribution in [0, 0.1) is 11.5 Å². The van der Waals surface area contributed by atoms with Gasteiger partial charge in [0, 0.05) is 32.4 Å². The number of aliphatic hydroxyl groups excluding tert-OH is 1. The summed E-state index contributed by atoms with van der Waals surface area (Å²) in [7, 11) is 2.91. The number of aliphatic hydroxyl groups is 1. The minimum atomic E-state index is -1.30. The number of amides is 1. The topological polar surface area (TPSA) is 137 Å². The molecule has 1 heterocycles. The fourth-order valence-electron chi connectivity index (χ4n) is 3.95. The predicted octanol–water partition coefficient (Wildman–Crippen LogP) is 2.03. The zero-order valence-corrected chi connectivity index (χ0v) is 19.5. The molecule has 10 nitrogen and oxygen atoms in total. The van der Waals surface area contributed by atoms with Gasteiger partial charge in [0.2, 0.25) is 11.9 Å². The number of rotatable bonds is 7. The molecule has 0 bridgehead atoms. The lowest BCUT2D eigenvalue weighted by Gasteiger charge is -2.46. The van der Waals surface area contributed by atoms with Crippen LogP contribution in [0.5, 0.6) is 5.75 Å². The Labute approximate surface area is 198 Å². The van der Waals surface area contributed by atoms with E-state index >= 15 is 0 Å². The summed E-state index contributed by atoms with van der Waals surface area (Å²) < 4.78 is 17.0. The summed E-state index contributed by atoms with van der Waals surface area (Å²) in [6.45, 7) is 3.39. The fraction of sp³-hybridized carbons (Fsp3) is 0.375. The first-order valence-corrected chi connectivity index (χ1v) is 10.7. The number of fused-ring (bicyclic) bond motifs is 1. The summed E-state index contributed by atoms with van der Waals surface area (Å²) in [6, 6.07) is 13.9. The van der Waals surface area contributed by atoms with Crippen molar-refractivity contribution in [2.75, 3.05) is 19.5 Å². The number of methoxy groups -OCH3 is 2. The van der Waals surface area contributed by atoms with Crippen LogP contribution in [0.15, 0.2) is 53.5 Å². The summed E-state index contributed by atoms with van der Waals surface area (Å²) in [5.41, 5.74) is 0.741. The largest absolute Gasteiger partial charge is 0.479 e. The first kappa shape index (κ1) is 25.0. The quantitative estimate of drug-likeness (QED) is 0.160. The number of benzene rings is 2. The molecule has 0 unspecified atom stereocenters. The van der Waals surface area contributed by atoms with Gasteiger partial charge in [-0.1, -0.05) is 30.3 Å². The van der Waals surface area contributed by atoms with Gasteiger partial charge in [0.05, 0.1) is 12.6 Å². The average Bonchev–Trinajstić information content (AvgIpc) is 2.82. The predicted molar refractivity (Wildman–Crippen MR) is 126 cm³/mol. The zero-order chi connectivity index (χ0) is 24.7. The summed E-state index contributed by atoms with van der Waals surface area (Å²) in [6.07, 6.45) is -0.221. The molecule has 0 saturated carbocycles. The van der Waals surface area contributed by atoms with E-state index in [0.717, 1.165) is 5.56 Å². The van der Waals surface area contributed by atoms with E-state index in [1.165, 1.54) is 21.1 Å². The lowest BCUT2D eigenvalue weighted by atomic mass is 9.84. The van der Waals surface area contributed by atoms with Crippen molar-refractivity contribution in [3.63, 3.8) is 0 Å². The molecule has 3 atom stereocenters. The van der Waals surface area contributed by atoms with Gasteiger partial charge in [-0.25, -0.2) is 4.99 Å². The molecule has 3 rings (SSSR count). The standard InChI is InChI=1S/C24H29N5O5/c1-15(30)28-17-10-11-19-18(12-17)20(21(31)24(2,34-19)22(32-3)33-4)29-23(27-14-25)26-13-16-8-6-5-7-9-16/h5-12,20-22,31H,13H2,1-4H3,(H,28,30)(H2,26,27,29)/t20-,21-,24+/m0/s1. The van der Waals surface area contributed by atoms with Crippen LogP contribution in [0.1, 0.15) is 31.0 Å². The van der Waals surface area contributed by atoms with Crippen LogP contribution >= 0.6 is 0 Å². The molecule has 0 saturated heterocycles. The highest BCUT2D eigenvalue weighted by Gasteiger charge is 2.52. The van der Waals surface area contributed by atoms with Crippen LogP contribution in [0.4, 0.5) is 5.69 Å². The molecule has 1 aliphatic heterocycles. The van der Waals surface area contributed by atoms with Crippen LogP contribution in [0.2, 0.25) is 0 Å². The van der Waals surface area contributed by atoms with E-state index in [2.05, 4.69) is 20.9 Å². The number of nitrogens with zero attached hydrogens (tertiary/aromatic N) is 2. The van der Waals surface area contributed by atoms with Gasteiger partial charge in [-0.3, -0.25) is 10.1 Å². The number of nitriles is 1. The molecule has 0 spiro atoms. The molecule has 34 heavy (non-hydrogen) atoms. The van der Waals surface area contributed by atoms with E-state index in [9.17, 15) is 15.2 Å². The molecule has 0 aromatic heterocycles. The fourth-order valence-corrected chi connectivity index (χ4v) is 3.95. The van der Waals surface area contributed by atoms with E-state index in [0.29, 0.717) is 23.5 Å². The zero-order valence-electron chi connectivity index (χ0n) is 19.5. The van der Waals surface area contributed by atoms with Gasteiger partial charge in [-0.15, -0.1) is 0 Å². The molecule has 1 amide bonds. The van der Waals surface area contributed by atoms with Gasteiger partial charge in [-0.2, -0.15) is 5.26 Å². The van der Waals surface area contributed by atoms with Gasteiger partial charge in [-0.05, 0) is 30.7 Å². The van der Waals surface area contributed by atoms with Crippen molar-refractivity contribution >= 4 is 17.6 Å². The smallest absolute Gasteiger partial charge is 0.221 e. The summed E-state index contributed by atoms with van der Waals surface area (Å²) in [5, 5.41) is 29.1. The highest BCUT2D eigenvalue weighted by molar-refractivity contribution is 5.89. The number of aliphatic imine (C=N–C) groups is 1. The van der Waals surface area contributed by atoms with Crippen LogP contribution in [0.25, 0.3) is 0 Å². The second-order valence-corrected chi connectivity index (χ2v) is 7.98. The molecular weight excluding hydrogens is 438 g/mol. The van der Waals surface area contributed by atoms with E-state index < -0.39 is 24.0 Å². The average molecular weight is 468 g/mol. The molecule has 1 aliphatic rings. The number of guanidine groups is 1. The van der Waals surface area contributed by atoms with Crippen molar-refractivity contribution in [1.29, 1.82) is 5.26 Å². The highest BCUT2D eigenvalue weighted by Crippen LogP contribution is 2.43. The van der Waals surface area contributed by atoms with Crippen molar-refractivity contribution in [2.24, 2.45) is 4.99 Å². The van der Waals surface area contributed by atoms with Crippen LogP contribution in [-0.4, -0.2) is 49.2 Å². The Morgan fingerprint density at radius 1 is 1.26 bits per heavy atom. The highest BCUT2D eigenvalue weighted by atomic mass is 16.7. The maximum Gasteiger partial charge on any atom is 0.221 e. The number of carbonyl (C=O) groups excluding carboxylic acids is 1. The number of nitrogens with one attached hydrogen (secondary N) is 3. The molecule has 2 aromatic carbocycles. The maximum atomic E-state index is 11.6. The molecule has 0 radical (unpaired) electrons. The molecule has 180 valence electrons. The summed E-state index contributed by atoms with van der Waals surface area (Å²) in [5.74, 6) is 0.390. The van der Waals surface area contributed by atoms with E-state index in [-0.39, 0.29) is 11.9 Å². The third-order valence-electron chi connectivity index (χ3n) is 5.52. The molecular formula is C24H29N5O5. The Bertz CT molecular complexity index is 1070. The van der Waals surface area contributed by atoms with E-state index in [1.54, 1.807) is 25.1 Å². The Morgan fingerprint density at radius 2 is 1.97 bits per heavy atom. The first-order chi connectivity index (χ1) is 16.3. The number of hydrogen-bond donors (Lipinski definition) is 4. The lowest BCUT2D eigenvalue weighted by Crippen LogP contribution is -2.62. The number of anilines is 1. The minimum Gasteiger partial charge on any atom is -0.479 e. The van der Waals surface area contributed by atoms with Crippen molar-refractivity contribution in [3.8, 4) is 11.9 Å². The molecule has 0 fully saturated rings. The van der Waals surface area contributed by atoms with Gasteiger partial charge in [0.25, 0.3) is 0 Å². The Hall–Kier alpha value is -3.65. The second kappa shape index (κ2) is 11.0. The third-order valence-corrected chi connectivity index (χ3v) is 5.52. The van der Waals surface area contributed by atoms with Crippen LogP contribution in [-0.2, 0) is 20.8 Å². The lowest BCUT2D eigenvalue weighted by molar-refractivity contribution is -0.238. The van der Waals surface area contributed by atoms with Gasteiger partial charge in [0.1, 0.15) is 11.9 Å². The van der Waals surface area contributed by atoms with Crippen molar-refractivity contribution in [2.45, 2.75) is 44.4 Å². The number of hydrogen-bond acceptors (Lipinski definition) is 7. The first-order valence-electron chi connectivity index (χ1n) is 10.7. The summed E-state index contributed by atoms with van der Waals surface area (Å²) in [4.78, 5) is 16.1. The molecule has 2 aromatic rings. The van der Waals surface area contributed by atoms with E-state index in [4.69, 9.17) is 14.2 Å².